The lowest BCUT2D eigenvalue weighted by atomic mass is 9.90. The van der Waals surface area contributed by atoms with Crippen LogP contribution in [0, 0.1) is 6.92 Å². The second-order valence-electron chi connectivity index (χ2n) is 8.64. The molecule has 3 rings (SSSR count). The van der Waals surface area contributed by atoms with E-state index in [4.69, 9.17) is 14.2 Å². The van der Waals surface area contributed by atoms with E-state index in [-0.39, 0.29) is 17.3 Å². The molecule has 7 nitrogen and oxygen atoms in total. The second-order valence-corrected chi connectivity index (χ2v) is 8.64. The largest absolute Gasteiger partial charge is 0.507 e. The number of hydrogen-bond acceptors (Lipinski definition) is 6. The number of methoxy groups -OCH3 is 3. The number of carbonyl (C=O) groups excluding carboxylic acids is 2. The fourth-order valence-corrected chi connectivity index (χ4v) is 4.53. The van der Waals surface area contributed by atoms with Gasteiger partial charge in [-0.3, -0.25) is 9.59 Å². The summed E-state index contributed by atoms with van der Waals surface area (Å²) in [5.74, 6) is 0.146. The van der Waals surface area contributed by atoms with Crippen LogP contribution in [0.15, 0.2) is 35.9 Å². The third-order valence-electron chi connectivity index (χ3n) is 6.19. The van der Waals surface area contributed by atoms with Crippen molar-refractivity contribution in [1.82, 2.24) is 4.90 Å². The van der Waals surface area contributed by atoms with Crippen molar-refractivity contribution in [1.29, 1.82) is 0 Å². The Hall–Kier alpha value is -3.48. The topological polar surface area (TPSA) is 85.3 Å². The molecule has 0 radical (unpaired) electrons. The van der Waals surface area contributed by atoms with E-state index in [1.807, 2.05) is 39.8 Å². The summed E-state index contributed by atoms with van der Waals surface area (Å²) in [6.45, 7) is 8.18. The van der Waals surface area contributed by atoms with Gasteiger partial charge in [-0.2, -0.15) is 0 Å². The summed E-state index contributed by atoms with van der Waals surface area (Å²) in [5, 5.41) is 11.5. The van der Waals surface area contributed by atoms with Crippen molar-refractivity contribution in [2.45, 2.75) is 46.1 Å². The highest BCUT2D eigenvalue weighted by atomic mass is 16.5. The van der Waals surface area contributed by atoms with Gasteiger partial charge in [0.15, 0.2) is 11.5 Å². The fourth-order valence-electron chi connectivity index (χ4n) is 4.53. The number of aliphatic hydroxyl groups is 1. The minimum absolute atomic E-state index is 0.0352. The molecule has 1 unspecified atom stereocenters. The Bertz CT molecular complexity index is 1130. The first kappa shape index (κ1) is 25.1. The number of hydrogen-bond donors (Lipinski definition) is 1. The van der Waals surface area contributed by atoms with Crippen molar-refractivity contribution >= 4 is 17.4 Å². The van der Waals surface area contributed by atoms with Crippen LogP contribution in [0.5, 0.6) is 17.2 Å². The van der Waals surface area contributed by atoms with Crippen LogP contribution in [0.4, 0.5) is 0 Å². The maximum absolute atomic E-state index is 13.3. The van der Waals surface area contributed by atoms with Gasteiger partial charge in [0.1, 0.15) is 11.5 Å². The molecule has 0 aromatic heterocycles. The number of para-hydroxylation sites is 1. The molecule has 7 heteroatoms. The lowest BCUT2D eigenvalue weighted by molar-refractivity contribution is -0.139. The lowest BCUT2D eigenvalue weighted by Gasteiger charge is -2.27. The zero-order valence-corrected chi connectivity index (χ0v) is 20.9. The van der Waals surface area contributed by atoms with Crippen molar-refractivity contribution in [3.05, 3.63) is 58.2 Å². The first-order chi connectivity index (χ1) is 16.2. The summed E-state index contributed by atoms with van der Waals surface area (Å²) in [7, 11) is 4.64. The number of likely N-dealkylation sites (tertiary alicyclic amines) is 1. The van der Waals surface area contributed by atoms with Gasteiger partial charge in [-0.25, -0.2) is 0 Å². The Morgan fingerprint density at radius 1 is 1.06 bits per heavy atom. The van der Waals surface area contributed by atoms with Crippen LogP contribution in [0.2, 0.25) is 0 Å². The molecular formula is C27H33NO6. The zero-order chi connectivity index (χ0) is 25.2. The second kappa shape index (κ2) is 10.2. The number of carbonyl (C=O) groups is 2. The van der Waals surface area contributed by atoms with Crippen LogP contribution in [0.25, 0.3) is 5.76 Å². The Morgan fingerprint density at radius 3 is 2.29 bits per heavy atom. The maximum Gasteiger partial charge on any atom is 0.295 e. The predicted octanol–water partition coefficient (Wildman–Crippen LogP) is 4.98. The zero-order valence-electron chi connectivity index (χ0n) is 20.9. The normalized spacial score (nSPS) is 17.4. The molecule has 1 atom stereocenters. The van der Waals surface area contributed by atoms with E-state index in [0.717, 1.165) is 11.1 Å². The molecule has 2 aromatic rings. The van der Waals surface area contributed by atoms with Gasteiger partial charge in [0.25, 0.3) is 11.7 Å². The van der Waals surface area contributed by atoms with Gasteiger partial charge in [-0.05, 0) is 48.6 Å². The van der Waals surface area contributed by atoms with Gasteiger partial charge in [0.05, 0.1) is 32.9 Å². The van der Waals surface area contributed by atoms with Crippen molar-refractivity contribution < 1.29 is 28.9 Å². The monoisotopic (exact) mass is 467 g/mol. The number of ether oxygens (including phenoxy) is 3. The minimum Gasteiger partial charge on any atom is -0.507 e. The SMILES string of the molecule is CCCN1C(=O)C(=O)/C(=C(/O)c2cc(C(C)C)c(OC)cc2C)C1c1cccc(OC)c1OC. The van der Waals surface area contributed by atoms with E-state index in [1.165, 1.54) is 19.1 Å². The van der Waals surface area contributed by atoms with Gasteiger partial charge in [-0.1, -0.05) is 32.9 Å². The summed E-state index contributed by atoms with van der Waals surface area (Å²) in [6, 6.07) is 8.17. The van der Waals surface area contributed by atoms with E-state index in [2.05, 4.69) is 0 Å². The van der Waals surface area contributed by atoms with Gasteiger partial charge >= 0.3 is 0 Å². The molecule has 0 aliphatic carbocycles. The number of benzene rings is 2. The van der Waals surface area contributed by atoms with E-state index in [0.29, 0.717) is 41.3 Å². The number of nitrogens with zero attached hydrogens (tertiary/aromatic N) is 1. The lowest BCUT2D eigenvalue weighted by Crippen LogP contribution is -2.30. The molecule has 0 spiro atoms. The molecule has 1 heterocycles. The van der Waals surface area contributed by atoms with Crippen LogP contribution >= 0.6 is 0 Å². The molecule has 1 aliphatic rings. The summed E-state index contributed by atoms with van der Waals surface area (Å²) in [6.07, 6.45) is 0.648. The number of aliphatic hydroxyl groups excluding tert-OH is 1. The molecule has 1 amide bonds. The van der Waals surface area contributed by atoms with Crippen LogP contribution < -0.4 is 14.2 Å². The molecule has 0 bridgehead atoms. The van der Waals surface area contributed by atoms with Crippen molar-refractivity contribution in [3.8, 4) is 17.2 Å². The Labute approximate surface area is 200 Å². The average molecular weight is 468 g/mol. The van der Waals surface area contributed by atoms with Gasteiger partial charge in [0, 0.05) is 17.7 Å². The van der Waals surface area contributed by atoms with E-state index < -0.39 is 17.7 Å². The van der Waals surface area contributed by atoms with Crippen molar-refractivity contribution in [2.75, 3.05) is 27.9 Å². The summed E-state index contributed by atoms with van der Waals surface area (Å²) >= 11 is 0. The molecule has 2 aromatic carbocycles. The number of amides is 1. The number of aryl methyl sites for hydroxylation is 1. The van der Waals surface area contributed by atoms with E-state index >= 15 is 0 Å². The summed E-state index contributed by atoms with van der Waals surface area (Å²) in [5.41, 5.74) is 2.73. The highest BCUT2D eigenvalue weighted by Crippen LogP contribution is 2.46. The quantitative estimate of drug-likeness (QED) is 0.335. The highest BCUT2D eigenvalue weighted by molar-refractivity contribution is 6.46. The van der Waals surface area contributed by atoms with Gasteiger partial charge < -0.3 is 24.2 Å². The van der Waals surface area contributed by atoms with E-state index in [9.17, 15) is 14.7 Å². The third-order valence-corrected chi connectivity index (χ3v) is 6.19. The number of Topliss-reactive ketones (excluding diaryl/α,β-unsaturated/α-hetero) is 1. The highest BCUT2D eigenvalue weighted by Gasteiger charge is 2.47. The summed E-state index contributed by atoms with van der Waals surface area (Å²) in [4.78, 5) is 27.9. The Kier molecular flexibility index (Phi) is 7.54. The van der Waals surface area contributed by atoms with E-state index in [1.54, 1.807) is 25.3 Å². The maximum atomic E-state index is 13.3. The Balaban J connectivity index is 2.34. The van der Waals surface area contributed by atoms with Gasteiger partial charge in [-0.15, -0.1) is 0 Å². The molecule has 0 saturated carbocycles. The number of rotatable bonds is 8. The molecule has 1 saturated heterocycles. The number of ketones is 1. The molecule has 182 valence electrons. The van der Waals surface area contributed by atoms with Crippen molar-refractivity contribution in [3.63, 3.8) is 0 Å². The van der Waals surface area contributed by atoms with Crippen LogP contribution in [0.3, 0.4) is 0 Å². The predicted molar refractivity (Wildman–Crippen MR) is 131 cm³/mol. The van der Waals surface area contributed by atoms with Crippen LogP contribution in [-0.2, 0) is 9.59 Å². The smallest absolute Gasteiger partial charge is 0.295 e. The Morgan fingerprint density at radius 2 is 1.74 bits per heavy atom. The first-order valence-corrected chi connectivity index (χ1v) is 11.4. The average Bonchev–Trinajstić information content (AvgIpc) is 3.07. The minimum atomic E-state index is -0.811. The third kappa shape index (κ3) is 4.22. The molecule has 1 aliphatic heterocycles. The first-order valence-electron chi connectivity index (χ1n) is 11.4. The fraction of sp³-hybridized carbons (Fsp3) is 0.407. The van der Waals surface area contributed by atoms with Crippen molar-refractivity contribution in [2.24, 2.45) is 0 Å². The van der Waals surface area contributed by atoms with Gasteiger partial charge in [0.2, 0.25) is 0 Å². The molecule has 1 fully saturated rings. The summed E-state index contributed by atoms with van der Waals surface area (Å²) < 4.78 is 16.6. The molecule has 1 N–H and O–H groups in total. The molecular weight excluding hydrogens is 434 g/mol. The standard InChI is InChI=1S/C27H33NO6/c1-8-12-28-23(17-10-9-11-20(32-5)26(17)34-7)22(25(30)27(28)31)24(29)19-14-18(15(2)3)21(33-6)13-16(19)4/h9-11,13-15,23,29H,8,12H2,1-7H3/b24-22+. The van der Waals surface area contributed by atoms with Crippen LogP contribution in [-0.4, -0.2) is 49.6 Å². The molecule has 34 heavy (non-hydrogen) atoms. The van der Waals surface area contributed by atoms with Crippen LogP contribution in [0.1, 0.15) is 61.4 Å².